The molecular formula is C22H23N3O2. The zero-order valence-electron chi connectivity index (χ0n) is 15.8. The van der Waals surface area contributed by atoms with E-state index in [0.29, 0.717) is 23.3 Å². The minimum Gasteiger partial charge on any atom is -0.332 e. The molecular weight excluding hydrogens is 338 g/mol. The minimum absolute atomic E-state index is 0.117. The quantitative estimate of drug-likeness (QED) is 0.706. The van der Waals surface area contributed by atoms with Crippen LogP contribution in [0, 0.1) is 13.8 Å². The van der Waals surface area contributed by atoms with E-state index in [1.54, 1.807) is 29.2 Å². The number of rotatable bonds is 5. The largest absolute Gasteiger partial charge is 0.332 e. The van der Waals surface area contributed by atoms with Gasteiger partial charge in [0.15, 0.2) is 0 Å². The molecule has 138 valence electrons. The van der Waals surface area contributed by atoms with Crippen LogP contribution in [0.2, 0.25) is 0 Å². The van der Waals surface area contributed by atoms with Crippen LogP contribution >= 0.6 is 0 Å². The molecule has 1 N–H and O–H groups in total. The molecule has 0 unspecified atom stereocenters. The molecule has 0 aliphatic carbocycles. The van der Waals surface area contributed by atoms with Crippen LogP contribution in [0.15, 0.2) is 53.3 Å². The van der Waals surface area contributed by atoms with Gasteiger partial charge in [-0.3, -0.25) is 9.59 Å². The van der Waals surface area contributed by atoms with Gasteiger partial charge in [-0.2, -0.15) is 0 Å². The van der Waals surface area contributed by atoms with E-state index in [1.165, 1.54) is 5.56 Å². The van der Waals surface area contributed by atoms with Crippen molar-refractivity contribution >= 4 is 22.9 Å². The van der Waals surface area contributed by atoms with E-state index in [0.717, 1.165) is 11.1 Å². The van der Waals surface area contributed by atoms with Gasteiger partial charge in [0, 0.05) is 12.6 Å². The van der Waals surface area contributed by atoms with E-state index >= 15 is 0 Å². The lowest BCUT2D eigenvalue weighted by atomic mass is 10.1. The van der Waals surface area contributed by atoms with Crippen molar-refractivity contribution in [2.75, 3.05) is 6.54 Å². The van der Waals surface area contributed by atoms with Gasteiger partial charge in [0.05, 0.1) is 17.4 Å². The number of aryl methyl sites for hydroxylation is 2. The van der Waals surface area contributed by atoms with Crippen molar-refractivity contribution < 1.29 is 4.79 Å². The topological polar surface area (TPSA) is 66.1 Å². The third kappa shape index (κ3) is 4.31. The lowest BCUT2D eigenvalue weighted by Crippen LogP contribution is -2.30. The maximum absolute atomic E-state index is 12.6. The van der Waals surface area contributed by atoms with Crippen LogP contribution in [-0.2, 0) is 11.3 Å². The number of nitrogens with zero attached hydrogens (tertiary/aromatic N) is 2. The standard InChI is InChI=1S/C22H23N3O2/c1-4-25(21(26)12-11-17-10-9-15(2)13-16(17)3)14-20-23-19-8-6-5-7-18(19)22(27)24-20/h5-13H,4,14H2,1-3H3,(H,23,24,27)/b12-11-. The Balaban J connectivity index is 1.79. The summed E-state index contributed by atoms with van der Waals surface area (Å²) < 4.78 is 0. The van der Waals surface area contributed by atoms with Gasteiger partial charge in [0.1, 0.15) is 5.82 Å². The fourth-order valence-electron chi connectivity index (χ4n) is 3.02. The number of fused-ring (bicyclic) bond motifs is 1. The molecule has 3 rings (SSSR count). The summed E-state index contributed by atoms with van der Waals surface area (Å²) in [6.07, 6.45) is 3.40. The summed E-state index contributed by atoms with van der Waals surface area (Å²) in [5.74, 6) is 0.363. The van der Waals surface area contributed by atoms with Crippen LogP contribution in [0.3, 0.4) is 0 Å². The van der Waals surface area contributed by atoms with Gasteiger partial charge in [-0.1, -0.05) is 35.9 Å². The number of hydrogen-bond acceptors (Lipinski definition) is 3. The Kier molecular flexibility index (Phi) is 5.50. The Bertz CT molecular complexity index is 1070. The molecule has 0 fully saturated rings. The predicted octanol–water partition coefficient (Wildman–Crippen LogP) is 3.60. The van der Waals surface area contributed by atoms with Crippen LogP contribution in [-0.4, -0.2) is 27.3 Å². The number of H-pyrrole nitrogens is 1. The van der Waals surface area contributed by atoms with E-state index in [1.807, 2.05) is 45.0 Å². The highest BCUT2D eigenvalue weighted by Crippen LogP contribution is 2.13. The predicted molar refractivity (Wildman–Crippen MR) is 108 cm³/mol. The minimum atomic E-state index is -0.190. The Morgan fingerprint density at radius 1 is 1.19 bits per heavy atom. The van der Waals surface area contributed by atoms with E-state index in [2.05, 4.69) is 16.0 Å². The number of para-hydroxylation sites is 1. The lowest BCUT2D eigenvalue weighted by Gasteiger charge is -2.18. The highest BCUT2D eigenvalue weighted by molar-refractivity contribution is 5.92. The number of nitrogens with one attached hydrogen (secondary N) is 1. The second-order valence-electron chi connectivity index (χ2n) is 6.58. The number of benzene rings is 2. The fraction of sp³-hybridized carbons (Fsp3) is 0.227. The van der Waals surface area contributed by atoms with E-state index in [-0.39, 0.29) is 18.0 Å². The Hall–Kier alpha value is -3.21. The molecule has 0 atom stereocenters. The van der Waals surface area contributed by atoms with Crippen molar-refractivity contribution in [2.45, 2.75) is 27.3 Å². The second kappa shape index (κ2) is 7.99. The number of carbonyl (C=O) groups excluding carboxylic acids is 1. The zero-order valence-corrected chi connectivity index (χ0v) is 15.8. The maximum atomic E-state index is 12.6. The van der Waals surface area contributed by atoms with Gasteiger partial charge in [0.25, 0.3) is 5.56 Å². The SMILES string of the molecule is CCN(Cc1nc2ccccc2c(=O)[nH]1)C(=O)/C=C\c1ccc(C)cc1C. The molecule has 27 heavy (non-hydrogen) atoms. The van der Waals surface area contributed by atoms with Crippen molar-refractivity contribution in [1.82, 2.24) is 14.9 Å². The highest BCUT2D eigenvalue weighted by Gasteiger charge is 2.12. The van der Waals surface area contributed by atoms with Crippen LogP contribution in [0.4, 0.5) is 0 Å². The third-order valence-corrected chi connectivity index (χ3v) is 4.53. The molecule has 0 aliphatic heterocycles. The van der Waals surface area contributed by atoms with Gasteiger partial charge in [-0.05, 0) is 50.1 Å². The smallest absolute Gasteiger partial charge is 0.258 e. The molecule has 1 aromatic heterocycles. The molecule has 5 nitrogen and oxygen atoms in total. The van der Waals surface area contributed by atoms with E-state index in [9.17, 15) is 9.59 Å². The van der Waals surface area contributed by atoms with Gasteiger partial charge in [-0.25, -0.2) is 4.98 Å². The van der Waals surface area contributed by atoms with Crippen LogP contribution in [0.1, 0.15) is 29.4 Å². The summed E-state index contributed by atoms with van der Waals surface area (Å²) in [6.45, 7) is 6.75. The van der Waals surface area contributed by atoms with Crippen molar-refractivity contribution in [3.8, 4) is 0 Å². The van der Waals surface area contributed by atoms with Gasteiger partial charge >= 0.3 is 0 Å². The third-order valence-electron chi connectivity index (χ3n) is 4.53. The highest BCUT2D eigenvalue weighted by atomic mass is 16.2. The van der Waals surface area contributed by atoms with Gasteiger partial charge < -0.3 is 9.88 Å². The maximum Gasteiger partial charge on any atom is 0.258 e. The van der Waals surface area contributed by atoms with Crippen molar-refractivity contribution in [3.63, 3.8) is 0 Å². The average molecular weight is 361 g/mol. The monoisotopic (exact) mass is 361 g/mol. The van der Waals surface area contributed by atoms with Crippen molar-refractivity contribution in [1.29, 1.82) is 0 Å². The first kappa shape index (κ1) is 18.6. The van der Waals surface area contributed by atoms with E-state index in [4.69, 9.17) is 0 Å². The summed E-state index contributed by atoms with van der Waals surface area (Å²) in [5.41, 5.74) is 3.78. The number of carbonyl (C=O) groups is 1. The Morgan fingerprint density at radius 2 is 1.96 bits per heavy atom. The number of amides is 1. The molecule has 0 bridgehead atoms. The van der Waals surface area contributed by atoms with Crippen LogP contribution in [0.5, 0.6) is 0 Å². The molecule has 0 radical (unpaired) electrons. The number of hydrogen-bond donors (Lipinski definition) is 1. The number of aromatic amines is 1. The molecule has 0 saturated heterocycles. The molecule has 5 heteroatoms. The van der Waals surface area contributed by atoms with Gasteiger partial charge in [-0.15, -0.1) is 0 Å². The molecule has 0 aliphatic rings. The molecule has 2 aromatic carbocycles. The molecule has 1 heterocycles. The van der Waals surface area contributed by atoms with Crippen molar-refractivity contribution in [3.05, 3.63) is 81.4 Å². The summed E-state index contributed by atoms with van der Waals surface area (Å²) >= 11 is 0. The molecule has 0 spiro atoms. The Morgan fingerprint density at radius 3 is 2.70 bits per heavy atom. The molecule has 1 amide bonds. The average Bonchev–Trinajstić information content (AvgIpc) is 2.65. The van der Waals surface area contributed by atoms with Crippen LogP contribution < -0.4 is 5.56 Å². The molecule has 0 saturated carbocycles. The first-order valence-corrected chi connectivity index (χ1v) is 9.00. The lowest BCUT2D eigenvalue weighted by molar-refractivity contribution is -0.126. The first-order valence-electron chi connectivity index (χ1n) is 9.00. The zero-order chi connectivity index (χ0) is 19.4. The first-order chi connectivity index (χ1) is 13.0. The number of likely N-dealkylation sites (N-methyl/N-ethyl adjacent to an activating group) is 1. The summed E-state index contributed by atoms with van der Waals surface area (Å²) in [5, 5.41) is 0.547. The molecule has 3 aromatic rings. The van der Waals surface area contributed by atoms with Gasteiger partial charge in [0.2, 0.25) is 5.91 Å². The van der Waals surface area contributed by atoms with Crippen LogP contribution in [0.25, 0.3) is 17.0 Å². The summed E-state index contributed by atoms with van der Waals surface area (Å²) in [7, 11) is 0. The van der Waals surface area contributed by atoms with Crippen molar-refractivity contribution in [2.24, 2.45) is 0 Å². The Labute approximate surface area is 158 Å². The van der Waals surface area contributed by atoms with E-state index < -0.39 is 0 Å². The summed E-state index contributed by atoms with van der Waals surface area (Å²) in [4.78, 5) is 33.7. The normalized spacial score (nSPS) is 11.2. The number of aromatic nitrogens is 2. The fourth-order valence-corrected chi connectivity index (χ4v) is 3.02. The second-order valence-corrected chi connectivity index (χ2v) is 6.58. The summed E-state index contributed by atoms with van der Waals surface area (Å²) in [6, 6.07) is 13.3.